The zero-order chi connectivity index (χ0) is 40.5. The second-order valence-electron chi connectivity index (χ2n) is 13.4. The first-order chi connectivity index (χ1) is 27.5. The Morgan fingerprint density at radius 3 is 1.93 bits per heavy atom. The van der Waals surface area contributed by atoms with Gasteiger partial charge in [0.25, 0.3) is 0 Å². The standard InChI is InChI=1S/C41H44O15S/c1-23(42)47-21-31-33(50-24(2)43)37(57-26(4)45)36(51-25(3)44)41(53-31)56-34-32-30(22-49-39(55-32)29-18-12-7-13-19-29)52-40(48-20-27-14-8-5-9-15-27)35(34)54-38(46)28-16-10-6-11-17-28/h5-19,30-37,39-41H,20-22H2,1-4H3/t30-,31-,32-,33-,34+,35-,36-,37+,39-,40-,41+/m1/s1. The van der Waals surface area contributed by atoms with E-state index in [0.29, 0.717) is 5.56 Å². The van der Waals surface area contributed by atoms with Crippen LogP contribution in [0.25, 0.3) is 0 Å². The van der Waals surface area contributed by atoms with Crippen molar-refractivity contribution < 1.29 is 71.3 Å². The van der Waals surface area contributed by atoms with Gasteiger partial charge in [0, 0.05) is 33.3 Å². The van der Waals surface area contributed by atoms with Crippen LogP contribution in [0.1, 0.15) is 55.5 Å². The number of esters is 4. The van der Waals surface area contributed by atoms with Gasteiger partial charge in [-0.3, -0.25) is 19.2 Å². The summed E-state index contributed by atoms with van der Waals surface area (Å²) in [7, 11) is 0. The highest BCUT2D eigenvalue weighted by Crippen LogP contribution is 2.41. The van der Waals surface area contributed by atoms with Crippen LogP contribution in [-0.4, -0.2) is 103 Å². The van der Waals surface area contributed by atoms with E-state index in [2.05, 4.69) is 0 Å². The van der Waals surface area contributed by atoms with Crippen molar-refractivity contribution in [2.75, 3.05) is 13.2 Å². The van der Waals surface area contributed by atoms with Gasteiger partial charge in [0.15, 0.2) is 36.2 Å². The molecule has 0 N–H and O–H groups in total. The number of ether oxygens (including phenoxy) is 10. The van der Waals surface area contributed by atoms with Crippen LogP contribution >= 0.6 is 11.8 Å². The van der Waals surface area contributed by atoms with E-state index in [1.165, 1.54) is 13.8 Å². The fourth-order valence-electron chi connectivity index (χ4n) is 6.71. The maximum atomic E-state index is 13.9. The Balaban J connectivity index is 1.43. The summed E-state index contributed by atoms with van der Waals surface area (Å²) >= 11 is 0.735. The van der Waals surface area contributed by atoms with Crippen molar-refractivity contribution in [3.8, 4) is 0 Å². The summed E-state index contributed by atoms with van der Waals surface area (Å²) in [5.74, 6) is -2.88. The minimum absolute atomic E-state index is 0.0000494. The van der Waals surface area contributed by atoms with E-state index in [4.69, 9.17) is 47.4 Å². The van der Waals surface area contributed by atoms with E-state index in [1.54, 1.807) is 30.3 Å². The molecule has 0 aromatic heterocycles. The summed E-state index contributed by atoms with van der Waals surface area (Å²) in [5, 5.41) is -1.52. The summed E-state index contributed by atoms with van der Waals surface area (Å²) < 4.78 is 61.6. The zero-order valence-corrected chi connectivity index (χ0v) is 32.5. The van der Waals surface area contributed by atoms with Crippen LogP contribution < -0.4 is 0 Å². The minimum atomic E-state index is -1.56. The summed E-state index contributed by atoms with van der Waals surface area (Å²) in [5.41, 5.74) is 1.71. The number of benzene rings is 3. The smallest absolute Gasteiger partial charge is 0.338 e. The van der Waals surface area contributed by atoms with Crippen LogP contribution in [0.2, 0.25) is 0 Å². The maximum absolute atomic E-state index is 13.9. The highest BCUT2D eigenvalue weighted by atomic mass is 32.2. The first-order valence-corrected chi connectivity index (χ1v) is 19.2. The van der Waals surface area contributed by atoms with E-state index in [1.807, 2.05) is 60.7 Å². The van der Waals surface area contributed by atoms with E-state index < -0.39 is 102 Å². The Morgan fingerprint density at radius 1 is 0.667 bits per heavy atom. The van der Waals surface area contributed by atoms with Crippen molar-refractivity contribution in [2.24, 2.45) is 0 Å². The Kier molecular flexibility index (Phi) is 14.5. The van der Waals surface area contributed by atoms with Crippen molar-refractivity contribution in [3.05, 3.63) is 108 Å². The van der Waals surface area contributed by atoms with Crippen LogP contribution in [0.15, 0.2) is 91.0 Å². The SMILES string of the molecule is CC(=O)OC[C@H]1O[C@@H](O[C@@H]2[C@@H](OC(=O)c3ccccc3)[C@H](OCc3ccccc3)O[C@@H]3CO[C@@H](c4ccccc4)O[C@@H]23)[C@H](OC(C)=O)[C@@H](SC(C)=O)[C@@H]1OC(C)=O. The van der Waals surface area contributed by atoms with Gasteiger partial charge in [0.05, 0.1) is 24.0 Å². The fourth-order valence-corrected chi connectivity index (χ4v) is 7.78. The van der Waals surface area contributed by atoms with E-state index in [9.17, 15) is 24.0 Å². The van der Waals surface area contributed by atoms with Gasteiger partial charge in [-0.1, -0.05) is 90.6 Å². The third-order valence-corrected chi connectivity index (χ3v) is 10.2. The topological polar surface area (TPSA) is 178 Å². The lowest BCUT2D eigenvalue weighted by Crippen LogP contribution is -2.67. The Labute approximate surface area is 333 Å². The Morgan fingerprint density at radius 2 is 1.30 bits per heavy atom. The molecule has 304 valence electrons. The molecule has 0 unspecified atom stereocenters. The first kappa shape index (κ1) is 41.9. The summed E-state index contributed by atoms with van der Waals surface area (Å²) in [6.07, 6.45) is -12.2. The van der Waals surface area contributed by atoms with Crippen LogP contribution in [0.3, 0.4) is 0 Å². The largest absolute Gasteiger partial charge is 0.463 e. The molecule has 3 heterocycles. The highest BCUT2D eigenvalue weighted by molar-refractivity contribution is 8.14. The first-order valence-electron chi connectivity index (χ1n) is 18.3. The maximum Gasteiger partial charge on any atom is 0.338 e. The molecule has 0 amide bonds. The monoisotopic (exact) mass is 808 g/mol. The molecule has 3 fully saturated rings. The van der Waals surface area contributed by atoms with Crippen LogP contribution in [-0.2, 0) is 73.2 Å². The van der Waals surface area contributed by atoms with Crippen molar-refractivity contribution in [1.29, 1.82) is 0 Å². The summed E-state index contributed by atoms with van der Waals surface area (Å²) in [6, 6.07) is 26.7. The lowest BCUT2D eigenvalue weighted by Gasteiger charge is -2.51. The molecule has 6 rings (SSSR count). The molecule has 0 saturated carbocycles. The lowest BCUT2D eigenvalue weighted by atomic mass is 9.96. The third kappa shape index (κ3) is 11.0. The molecule has 3 aliphatic rings. The average Bonchev–Trinajstić information content (AvgIpc) is 3.19. The Bertz CT molecular complexity index is 1830. The summed E-state index contributed by atoms with van der Waals surface area (Å²) in [6.45, 7) is 4.43. The van der Waals surface area contributed by atoms with E-state index >= 15 is 0 Å². The fraction of sp³-hybridized carbons (Fsp3) is 0.439. The quantitative estimate of drug-likeness (QED) is 0.175. The molecule has 0 spiro atoms. The van der Waals surface area contributed by atoms with Gasteiger partial charge in [-0.25, -0.2) is 4.79 Å². The molecular formula is C41H44O15S. The van der Waals surface area contributed by atoms with Gasteiger partial charge >= 0.3 is 23.9 Å². The van der Waals surface area contributed by atoms with Gasteiger partial charge in [0.2, 0.25) is 0 Å². The number of hydrogen-bond donors (Lipinski definition) is 0. The number of fused-ring (bicyclic) bond motifs is 1. The third-order valence-electron chi connectivity index (χ3n) is 9.10. The molecule has 3 aromatic carbocycles. The summed E-state index contributed by atoms with van der Waals surface area (Å²) in [4.78, 5) is 63.7. The molecule has 57 heavy (non-hydrogen) atoms. The average molecular weight is 809 g/mol. The molecule has 0 aliphatic carbocycles. The predicted octanol–water partition coefficient (Wildman–Crippen LogP) is 4.45. The van der Waals surface area contributed by atoms with E-state index in [-0.39, 0.29) is 18.8 Å². The number of hydrogen-bond acceptors (Lipinski definition) is 16. The molecule has 16 heteroatoms. The van der Waals surface area contributed by atoms with E-state index in [0.717, 1.165) is 31.2 Å². The second kappa shape index (κ2) is 19.7. The van der Waals surface area contributed by atoms with Crippen molar-refractivity contribution in [1.82, 2.24) is 0 Å². The van der Waals surface area contributed by atoms with Gasteiger partial charge in [0.1, 0.15) is 37.1 Å². The molecule has 3 saturated heterocycles. The molecular weight excluding hydrogens is 765 g/mol. The number of carbonyl (C=O) groups excluding carboxylic acids is 5. The second-order valence-corrected chi connectivity index (χ2v) is 14.8. The lowest BCUT2D eigenvalue weighted by molar-refractivity contribution is -0.388. The minimum Gasteiger partial charge on any atom is -0.463 e. The van der Waals surface area contributed by atoms with Crippen LogP contribution in [0.5, 0.6) is 0 Å². The number of rotatable bonds is 13. The molecule has 3 aliphatic heterocycles. The van der Waals surface area contributed by atoms with Gasteiger partial charge < -0.3 is 47.4 Å². The molecule has 15 nitrogen and oxygen atoms in total. The van der Waals surface area contributed by atoms with Gasteiger partial charge in [-0.15, -0.1) is 0 Å². The van der Waals surface area contributed by atoms with Gasteiger partial charge in [-0.05, 0) is 17.7 Å². The van der Waals surface area contributed by atoms with Crippen LogP contribution in [0, 0.1) is 0 Å². The molecule has 11 atom stereocenters. The Hall–Kier alpha value is -4.68. The van der Waals surface area contributed by atoms with Crippen molar-refractivity contribution in [2.45, 2.75) is 101 Å². The molecule has 0 radical (unpaired) electrons. The molecule has 3 aromatic rings. The normalized spacial score (nSPS) is 29.6. The zero-order valence-electron chi connectivity index (χ0n) is 31.7. The highest BCUT2D eigenvalue weighted by Gasteiger charge is 2.58. The molecule has 0 bridgehead atoms. The van der Waals surface area contributed by atoms with Crippen molar-refractivity contribution in [3.63, 3.8) is 0 Å². The predicted molar refractivity (Wildman–Crippen MR) is 199 cm³/mol. The van der Waals surface area contributed by atoms with Gasteiger partial charge in [-0.2, -0.15) is 0 Å². The van der Waals surface area contributed by atoms with Crippen LogP contribution in [0.4, 0.5) is 0 Å². The number of carbonyl (C=O) groups is 5. The van der Waals surface area contributed by atoms with Crippen molar-refractivity contribution >= 4 is 40.8 Å². The number of thioether (sulfide) groups is 1.